The van der Waals surface area contributed by atoms with Crippen molar-refractivity contribution >= 4 is 0 Å². The molecule has 0 aliphatic rings. The van der Waals surface area contributed by atoms with Gasteiger partial charge in [-0.25, -0.2) is 0 Å². The second kappa shape index (κ2) is 10.6. The van der Waals surface area contributed by atoms with Crippen molar-refractivity contribution in [1.82, 2.24) is 5.32 Å². The molecule has 0 spiro atoms. The molecule has 0 bridgehead atoms. The monoisotopic (exact) mass is 273 g/mol. The van der Waals surface area contributed by atoms with Crippen LogP contribution >= 0.6 is 0 Å². The summed E-state index contributed by atoms with van der Waals surface area (Å²) in [6.07, 6.45) is 5.57. The van der Waals surface area contributed by atoms with E-state index in [2.05, 4.69) is 39.9 Å². The van der Waals surface area contributed by atoms with E-state index in [4.69, 9.17) is 4.74 Å². The van der Waals surface area contributed by atoms with Gasteiger partial charge in [0.15, 0.2) is 0 Å². The minimum Gasteiger partial charge on any atom is -0.389 e. The Morgan fingerprint density at radius 1 is 1.16 bits per heavy atom. The van der Waals surface area contributed by atoms with Crippen LogP contribution in [0.3, 0.4) is 0 Å². The van der Waals surface area contributed by atoms with Crippen LogP contribution < -0.4 is 5.32 Å². The first-order valence-corrected chi connectivity index (χ1v) is 7.96. The van der Waals surface area contributed by atoms with E-state index < -0.39 is 6.10 Å². The first-order valence-electron chi connectivity index (χ1n) is 7.96. The van der Waals surface area contributed by atoms with Gasteiger partial charge in [0.1, 0.15) is 0 Å². The van der Waals surface area contributed by atoms with Crippen LogP contribution in [0.1, 0.15) is 66.7 Å². The van der Waals surface area contributed by atoms with E-state index in [1.54, 1.807) is 0 Å². The average Bonchev–Trinajstić information content (AvgIpc) is 2.40. The van der Waals surface area contributed by atoms with E-state index in [0.29, 0.717) is 19.1 Å². The van der Waals surface area contributed by atoms with Crippen LogP contribution in [0.2, 0.25) is 0 Å². The van der Waals surface area contributed by atoms with Crippen LogP contribution in [0.4, 0.5) is 0 Å². The molecule has 0 saturated carbocycles. The maximum Gasteiger partial charge on any atom is 0.0897 e. The van der Waals surface area contributed by atoms with Crippen molar-refractivity contribution in [3.63, 3.8) is 0 Å². The lowest BCUT2D eigenvalue weighted by Gasteiger charge is -2.26. The number of aliphatic hydroxyl groups excluding tert-OH is 1. The number of hydrogen-bond donors (Lipinski definition) is 2. The number of ether oxygens (including phenoxy) is 1. The Balaban J connectivity index is 3.69. The summed E-state index contributed by atoms with van der Waals surface area (Å²) in [6, 6.07) is 0. The first-order chi connectivity index (χ1) is 8.95. The first kappa shape index (κ1) is 18.9. The van der Waals surface area contributed by atoms with Crippen molar-refractivity contribution < 1.29 is 9.84 Å². The van der Waals surface area contributed by atoms with Gasteiger partial charge in [-0.05, 0) is 32.6 Å². The van der Waals surface area contributed by atoms with Crippen molar-refractivity contribution in [1.29, 1.82) is 0 Å². The third kappa shape index (κ3) is 10.3. The van der Waals surface area contributed by atoms with Crippen LogP contribution in [-0.4, -0.2) is 36.5 Å². The third-order valence-corrected chi connectivity index (χ3v) is 3.91. The molecule has 0 aliphatic heterocycles. The average molecular weight is 273 g/mol. The van der Waals surface area contributed by atoms with Crippen molar-refractivity contribution in [2.24, 2.45) is 5.92 Å². The van der Waals surface area contributed by atoms with Gasteiger partial charge in [0, 0.05) is 18.7 Å². The summed E-state index contributed by atoms with van der Waals surface area (Å²) in [4.78, 5) is 0. The second-order valence-corrected chi connectivity index (χ2v) is 6.23. The van der Waals surface area contributed by atoms with E-state index in [1.807, 2.05) is 0 Å². The lowest BCUT2D eigenvalue weighted by Crippen LogP contribution is -2.44. The van der Waals surface area contributed by atoms with E-state index in [0.717, 1.165) is 19.4 Å². The smallest absolute Gasteiger partial charge is 0.0897 e. The van der Waals surface area contributed by atoms with Gasteiger partial charge in [-0.1, -0.05) is 40.0 Å². The molecule has 0 heterocycles. The maximum absolute atomic E-state index is 9.88. The molecule has 116 valence electrons. The van der Waals surface area contributed by atoms with Crippen LogP contribution in [0.25, 0.3) is 0 Å². The normalized spacial score (nSPS) is 15.5. The molecule has 0 aromatic heterocycles. The van der Waals surface area contributed by atoms with E-state index >= 15 is 0 Å². The van der Waals surface area contributed by atoms with Gasteiger partial charge >= 0.3 is 0 Å². The Labute approximate surface area is 120 Å². The number of aliphatic hydroxyl groups is 1. The van der Waals surface area contributed by atoms with Gasteiger partial charge in [0.2, 0.25) is 0 Å². The predicted octanol–water partition coefficient (Wildman–Crippen LogP) is 3.36. The van der Waals surface area contributed by atoms with E-state index in [1.165, 1.54) is 19.3 Å². The molecule has 0 saturated heterocycles. The van der Waals surface area contributed by atoms with Gasteiger partial charge in [-0.3, -0.25) is 0 Å². The standard InChI is InChI=1S/C16H35NO2/c1-6-9-10-14(7-2)12-19-13-15(18)11-17-16(4,5)8-3/h14-15,17-18H,6-13H2,1-5H3. The fourth-order valence-electron chi connectivity index (χ4n) is 1.85. The Morgan fingerprint density at radius 3 is 2.37 bits per heavy atom. The van der Waals surface area contributed by atoms with Gasteiger partial charge in [-0.15, -0.1) is 0 Å². The Kier molecular flexibility index (Phi) is 10.6. The Hall–Kier alpha value is -0.120. The summed E-state index contributed by atoms with van der Waals surface area (Å²) in [6.45, 7) is 12.7. The van der Waals surface area contributed by atoms with Crippen molar-refractivity contribution in [2.75, 3.05) is 19.8 Å². The summed E-state index contributed by atoms with van der Waals surface area (Å²) in [5, 5.41) is 13.2. The highest BCUT2D eigenvalue weighted by molar-refractivity contribution is 4.76. The van der Waals surface area contributed by atoms with Crippen molar-refractivity contribution in [3.05, 3.63) is 0 Å². The second-order valence-electron chi connectivity index (χ2n) is 6.23. The molecule has 2 unspecified atom stereocenters. The summed E-state index contributed by atoms with van der Waals surface area (Å²) in [7, 11) is 0. The Morgan fingerprint density at radius 2 is 1.84 bits per heavy atom. The lowest BCUT2D eigenvalue weighted by atomic mass is 10.0. The SMILES string of the molecule is CCCCC(CC)COCC(O)CNC(C)(C)CC. The highest BCUT2D eigenvalue weighted by atomic mass is 16.5. The van der Waals surface area contributed by atoms with Crippen LogP contribution in [0, 0.1) is 5.92 Å². The van der Waals surface area contributed by atoms with E-state index in [-0.39, 0.29) is 5.54 Å². The number of nitrogens with one attached hydrogen (secondary N) is 1. The molecular weight excluding hydrogens is 238 g/mol. The van der Waals surface area contributed by atoms with E-state index in [9.17, 15) is 5.11 Å². The highest BCUT2D eigenvalue weighted by Gasteiger charge is 2.16. The molecule has 2 atom stereocenters. The summed E-state index contributed by atoms with van der Waals surface area (Å²) < 4.78 is 5.65. The molecular formula is C16H35NO2. The van der Waals surface area contributed by atoms with Crippen LogP contribution in [-0.2, 0) is 4.74 Å². The molecule has 2 N–H and O–H groups in total. The molecule has 0 rings (SSSR count). The van der Waals surface area contributed by atoms with Gasteiger partial charge < -0.3 is 15.2 Å². The highest BCUT2D eigenvalue weighted by Crippen LogP contribution is 2.13. The molecule has 0 fully saturated rings. The molecule has 0 amide bonds. The summed E-state index contributed by atoms with van der Waals surface area (Å²) in [5.74, 6) is 0.646. The number of rotatable bonds is 12. The van der Waals surface area contributed by atoms with Gasteiger partial charge in [0.25, 0.3) is 0 Å². The molecule has 0 radical (unpaired) electrons. The number of β-amino-alcohol motifs (C(OH)–C–C–N with tert-alkyl or cyclic N) is 1. The summed E-state index contributed by atoms with van der Waals surface area (Å²) >= 11 is 0. The topological polar surface area (TPSA) is 41.5 Å². The van der Waals surface area contributed by atoms with Crippen LogP contribution in [0.15, 0.2) is 0 Å². The van der Waals surface area contributed by atoms with Crippen LogP contribution in [0.5, 0.6) is 0 Å². The zero-order valence-corrected chi connectivity index (χ0v) is 13.7. The minimum atomic E-state index is -0.408. The molecule has 3 nitrogen and oxygen atoms in total. The van der Waals surface area contributed by atoms with Gasteiger partial charge in [-0.2, -0.15) is 0 Å². The van der Waals surface area contributed by atoms with Crippen molar-refractivity contribution in [2.45, 2.75) is 78.4 Å². The Bertz CT molecular complexity index is 207. The lowest BCUT2D eigenvalue weighted by molar-refractivity contribution is 0.0166. The van der Waals surface area contributed by atoms with Crippen molar-refractivity contribution in [3.8, 4) is 0 Å². The zero-order chi connectivity index (χ0) is 14.7. The number of unbranched alkanes of at least 4 members (excludes halogenated alkanes) is 1. The predicted molar refractivity (Wildman–Crippen MR) is 82.5 cm³/mol. The fraction of sp³-hybridized carbons (Fsp3) is 1.00. The zero-order valence-electron chi connectivity index (χ0n) is 13.7. The summed E-state index contributed by atoms with van der Waals surface area (Å²) in [5.41, 5.74) is 0.0913. The molecule has 0 aliphatic carbocycles. The molecule has 19 heavy (non-hydrogen) atoms. The quantitative estimate of drug-likeness (QED) is 0.573. The molecule has 0 aromatic carbocycles. The molecule has 0 aromatic rings. The third-order valence-electron chi connectivity index (χ3n) is 3.91. The maximum atomic E-state index is 9.88. The molecule has 3 heteroatoms. The fourth-order valence-corrected chi connectivity index (χ4v) is 1.85. The number of hydrogen-bond acceptors (Lipinski definition) is 3. The van der Waals surface area contributed by atoms with Gasteiger partial charge in [0.05, 0.1) is 12.7 Å². The largest absolute Gasteiger partial charge is 0.389 e. The minimum absolute atomic E-state index is 0.0913.